The van der Waals surface area contributed by atoms with Crippen molar-refractivity contribution in [1.29, 1.82) is 0 Å². The lowest BCUT2D eigenvalue weighted by Crippen LogP contribution is -2.29. The molecule has 2 aromatic carbocycles. The second-order valence-corrected chi connectivity index (χ2v) is 11.6. The molecule has 1 aliphatic heterocycles. The Hall–Kier alpha value is -5.37. The number of fused-ring (bicyclic) bond motifs is 1. The van der Waals surface area contributed by atoms with E-state index in [-0.39, 0.29) is 46.0 Å². The van der Waals surface area contributed by atoms with Gasteiger partial charge in [-0.05, 0) is 75.3 Å². The second kappa shape index (κ2) is 13.2. The van der Waals surface area contributed by atoms with Crippen molar-refractivity contribution in [3.05, 3.63) is 83.9 Å². The molecule has 4 heterocycles. The number of carbonyl (C=O) groups is 2. The fourth-order valence-electron chi connectivity index (χ4n) is 5.64. The second-order valence-electron chi connectivity index (χ2n) is 11.6. The van der Waals surface area contributed by atoms with E-state index >= 15 is 0 Å². The first kappa shape index (κ1) is 31.6. The van der Waals surface area contributed by atoms with Crippen LogP contribution in [0.5, 0.6) is 17.2 Å². The standard InChI is InChI=1S/C33H34F2N8O4/c1-20-8-9-22(15-24(20)32(45)40(2)3)46-23-10-11-28(47-33(34)35)25(16-23)29-27(19-42(39-29)18-21-7-5-13-41(21)4)38-31(44)26-17-37-43-14-6-12-36-30(26)43/h6,8-12,14-17,19,21,33H,5,7,13,18H2,1-4H3,(H,38,44)/t21-/m0/s1. The van der Waals surface area contributed by atoms with E-state index < -0.39 is 12.5 Å². The number of carbonyl (C=O) groups excluding carboxylic acids is 2. The van der Waals surface area contributed by atoms with Crippen molar-refractivity contribution in [3.63, 3.8) is 0 Å². The Bertz CT molecular complexity index is 1940. The number of hydrogen-bond acceptors (Lipinski definition) is 8. The van der Waals surface area contributed by atoms with Crippen molar-refractivity contribution in [1.82, 2.24) is 34.2 Å². The molecule has 1 aliphatic rings. The summed E-state index contributed by atoms with van der Waals surface area (Å²) in [6.45, 7) is 0.185. The van der Waals surface area contributed by atoms with Gasteiger partial charge in [0.15, 0.2) is 5.65 Å². The summed E-state index contributed by atoms with van der Waals surface area (Å²) in [5, 5.41) is 11.9. The molecular weight excluding hydrogens is 610 g/mol. The van der Waals surface area contributed by atoms with Crippen molar-refractivity contribution in [2.24, 2.45) is 0 Å². The molecule has 12 nitrogen and oxygen atoms in total. The number of likely N-dealkylation sites (tertiary alicyclic amines) is 1. The monoisotopic (exact) mass is 644 g/mol. The zero-order chi connectivity index (χ0) is 33.2. The predicted octanol–water partition coefficient (Wildman–Crippen LogP) is 5.34. The maximum absolute atomic E-state index is 13.6. The van der Waals surface area contributed by atoms with Crippen LogP contribution in [0.25, 0.3) is 16.9 Å². The maximum atomic E-state index is 13.6. The van der Waals surface area contributed by atoms with Gasteiger partial charge in [-0.2, -0.15) is 19.0 Å². The molecule has 0 radical (unpaired) electrons. The normalized spacial score (nSPS) is 14.9. The van der Waals surface area contributed by atoms with Crippen LogP contribution in [0, 0.1) is 6.92 Å². The van der Waals surface area contributed by atoms with Crippen molar-refractivity contribution in [3.8, 4) is 28.5 Å². The van der Waals surface area contributed by atoms with E-state index in [4.69, 9.17) is 14.6 Å². The molecular formula is C33H34F2N8O4. The molecule has 14 heteroatoms. The lowest BCUT2D eigenvalue weighted by molar-refractivity contribution is -0.0495. The molecule has 5 aromatic rings. The number of hydrogen-bond donors (Lipinski definition) is 1. The quantitative estimate of drug-likeness (QED) is 0.216. The van der Waals surface area contributed by atoms with Gasteiger partial charge in [0.05, 0.1) is 24.0 Å². The average Bonchev–Trinajstić information content (AvgIpc) is 3.77. The van der Waals surface area contributed by atoms with E-state index in [9.17, 15) is 18.4 Å². The molecule has 2 amide bonds. The minimum atomic E-state index is -3.12. The summed E-state index contributed by atoms with van der Waals surface area (Å²) < 4.78 is 41.5. The summed E-state index contributed by atoms with van der Waals surface area (Å²) in [7, 11) is 5.37. The number of ether oxygens (including phenoxy) is 2. The Balaban J connectivity index is 1.40. The Kier molecular flexibility index (Phi) is 8.85. The first-order chi connectivity index (χ1) is 22.6. The number of nitrogens with one attached hydrogen (secondary N) is 1. The van der Waals surface area contributed by atoms with Crippen LogP contribution in [-0.4, -0.2) is 86.3 Å². The number of benzene rings is 2. The number of anilines is 1. The number of aryl methyl sites for hydroxylation is 1. The van der Waals surface area contributed by atoms with Gasteiger partial charge >= 0.3 is 6.61 Å². The van der Waals surface area contributed by atoms with Crippen molar-refractivity contribution in [2.45, 2.75) is 39.0 Å². The first-order valence-corrected chi connectivity index (χ1v) is 15.0. The molecule has 0 bridgehead atoms. The minimum absolute atomic E-state index is 0.156. The highest BCUT2D eigenvalue weighted by Gasteiger charge is 2.26. The van der Waals surface area contributed by atoms with Gasteiger partial charge < -0.3 is 24.6 Å². The van der Waals surface area contributed by atoms with Crippen molar-refractivity contribution >= 4 is 23.1 Å². The van der Waals surface area contributed by atoms with Crippen LogP contribution in [-0.2, 0) is 6.54 Å². The van der Waals surface area contributed by atoms with E-state index in [1.54, 1.807) is 61.6 Å². The highest BCUT2D eigenvalue weighted by atomic mass is 19.3. The van der Waals surface area contributed by atoms with Gasteiger partial charge in [-0.1, -0.05) is 6.07 Å². The van der Waals surface area contributed by atoms with Gasteiger partial charge in [0.2, 0.25) is 0 Å². The van der Waals surface area contributed by atoms with Gasteiger partial charge in [0.25, 0.3) is 11.8 Å². The molecule has 3 aromatic heterocycles. The lowest BCUT2D eigenvalue weighted by atomic mass is 10.1. The van der Waals surface area contributed by atoms with E-state index in [0.717, 1.165) is 24.9 Å². The first-order valence-electron chi connectivity index (χ1n) is 15.0. The lowest BCUT2D eigenvalue weighted by Gasteiger charge is -2.19. The Labute approximate surface area is 269 Å². The number of likely N-dealkylation sites (N-methyl/N-ethyl adjacent to an activating group) is 1. The van der Waals surface area contributed by atoms with Crippen LogP contribution in [0.4, 0.5) is 14.5 Å². The number of halogens is 2. The summed E-state index contributed by atoms with van der Waals surface area (Å²) in [6.07, 6.45) is 8.34. The molecule has 1 N–H and O–H groups in total. The summed E-state index contributed by atoms with van der Waals surface area (Å²) in [5.74, 6) is -0.189. The maximum Gasteiger partial charge on any atom is 0.387 e. The van der Waals surface area contributed by atoms with Gasteiger partial charge in [-0.25, -0.2) is 9.50 Å². The fourth-order valence-corrected chi connectivity index (χ4v) is 5.64. The number of nitrogens with zero attached hydrogens (tertiary/aromatic N) is 7. The molecule has 0 spiro atoms. The van der Waals surface area contributed by atoms with E-state index in [1.165, 1.54) is 33.8 Å². The summed E-state index contributed by atoms with van der Waals surface area (Å²) in [5.41, 5.74) is 2.47. The van der Waals surface area contributed by atoms with Crippen LogP contribution in [0.3, 0.4) is 0 Å². The molecule has 6 rings (SSSR count). The minimum Gasteiger partial charge on any atom is -0.457 e. The predicted molar refractivity (Wildman–Crippen MR) is 170 cm³/mol. The zero-order valence-corrected chi connectivity index (χ0v) is 26.4. The molecule has 0 unspecified atom stereocenters. The van der Waals surface area contributed by atoms with Crippen LogP contribution < -0.4 is 14.8 Å². The van der Waals surface area contributed by atoms with Crippen LogP contribution >= 0.6 is 0 Å². The third kappa shape index (κ3) is 6.77. The number of alkyl halides is 2. The van der Waals surface area contributed by atoms with Crippen LogP contribution in [0.15, 0.2) is 67.3 Å². The zero-order valence-electron chi connectivity index (χ0n) is 26.4. The van der Waals surface area contributed by atoms with Gasteiger partial charge in [0.1, 0.15) is 28.5 Å². The van der Waals surface area contributed by atoms with Crippen molar-refractivity contribution in [2.75, 3.05) is 33.0 Å². The fraction of sp³-hybridized carbons (Fsp3) is 0.303. The SMILES string of the molecule is Cc1ccc(Oc2ccc(OC(F)F)c(-c3nn(C[C@@H]4CCCN4C)cc3NC(=O)c3cnn4cccnc34)c2)cc1C(=O)N(C)C. The molecule has 1 fully saturated rings. The Morgan fingerprint density at radius 2 is 1.91 bits per heavy atom. The third-order valence-electron chi connectivity index (χ3n) is 8.11. The van der Waals surface area contributed by atoms with Crippen LogP contribution in [0.1, 0.15) is 39.1 Å². The highest BCUT2D eigenvalue weighted by Crippen LogP contribution is 2.39. The van der Waals surface area contributed by atoms with Gasteiger partial charge in [-0.15, -0.1) is 0 Å². The van der Waals surface area contributed by atoms with Gasteiger partial charge in [0, 0.05) is 44.3 Å². The average molecular weight is 645 g/mol. The molecule has 47 heavy (non-hydrogen) atoms. The molecule has 1 saturated heterocycles. The highest BCUT2D eigenvalue weighted by molar-refractivity contribution is 6.09. The summed E-state index contributed by atoms with van der Waals surface area (Å²) >= 11 is 0. The van der Waals surface area contributed by atoms with E-state index in [1.807, 2.05) is 14.0 Å². The molecule has 0 saturated carbocycles. The number of rotatable bonds is 10. The van der Waals surface area contributed by atoms with Crippen molar-refractivity contribution < 1.29 is 27.8 Å². The smallest absolute Gasteiger partial charge is 0.387 e. The Morgan fingerprint density at radius 3 is 2.66 bits per heavy atom. The van der Waals surface area contributed by atoms with E-state index in [0.29, 0.717) is 23.5 Å². The summed E-state index contributed by atoms with van der Waals surface area (Å²) in [6, 6.07) is 11.4. The molecule has 1 atom stereocenters. The molecule has 244 valence electrons. The van der Waals surface area contributed by atoms with Gasteiger partial charge in [-0.3, -0.25) is 14.3 Å². The molecule has 0 aliphatic carbocycles. The van der Waals surface area contributed by atoms with E-state index in [2.05, 4.69) is 20.3 Å². The number of amides is 2. The Morgan fingerprint density at radius 1 is 1.13 bits per heavy atom. The number of aromatic nitrogens is 5. The third-order valence-corrected chi connectivity index (χ3v) is 8.11. The van der Waals surface area contributed by atoms with Crippen LogP contribution in [0.2, 0.25) is 0 Å². The topological polar surface area (TPSA) is 119 Å². The summed E-state index contributed by atoms with van der Waals surface area (Å²) in [4.78, 5) is 34.2. The largest absolute Gasteiger partial charge is 0.457 e.